The molecule has 0 aliphatic carbocycles. The van der Waals surface area contributed by atoms with Gasteiger partial charge < -0.3 is 9.74 Å². The summed E-state index contributed by atoms with van der Waals surface area (Å²) in [6.45, 7) is 3.93. The Labute approximate surface area is 147 Å². The van der Waals surface area contributed by atoms with Crippen molar-refractivity contribution in [1.82, 2.24) is 4.90 Å². The Morgan fingerprint density at radius 2 is 1.96 bits per heavy atom. The van der Waals surface area contributed by atoms with Crippen LogP contribution >= 0.6 is 23.2 Å². The van der Waals surface area contributed by atoms with E-state index in [-0.39, 0.29) is 5.91 Å². The van der Waals surface area contributed by atoms with Gasteiger partial charge in [-0.25, -0.2) is 0 Å². The van der Waals surface area contributed by atoms with E-state index in [1.807, 2.05) is 11.0 Å². The minimum atomic E-state index is 0.167. The number of hydrogen-bond donors (Lipinski definition) is 0. The lowest BCUT2D eigenvalue weighted by Crippen LogP contribution is -2.38. The van der Waals surface area contributed by atoms with E-state index >= 15 is 0 Å². The summed E-state index contributed by atoms with van der Waals surface area (Å²) in [4.78, 5) is 19.2. The van der Waals surface area contributed by atoms with Crippen LogP contribution in [-0.4, -0.2) is 36.7 Å². The molecule has 0 radical (unpaired) electrons. The van der Waals surface area contributed by atoms with Gasteiger partial charge in [0.2, 0.25) is 5.91 Å². The molecule has 0 unspecified atom stereocenters. The molecule has 0 bridgehead atoms. The summed E-state index contributed by atoms with van der Waals surface area (Å²) in [6.07, 6.45) is 3.09. The molecule has 0 aromatic heterocycles. The van der Waals surface area contributed by atoms with Crippen LogP contribution in [0.1, 0.15) is 38.2 Å². The summed E-state index contributed by atoms with van der Waals surface area (Å²) >= 11 is 12.0. The number of amides is 1. The van der Waals surface area contributed by atoms with Crippen LogP contribution in [0.5, 0.6) is 0 Å². The quantitative estimate of drug-likeness (QED) is 0.580. The molecule has 0 saturated carbocycles. The molecule has 1 aliphatic heterocycles. The molecule has 1 aromatic carbocycles. The second-order valence-corrected chi connectivity index (χ2v) is 6.73. The number of halogens is 2. The van der Waals surface area contributed by atoms with Crippen molar-refractivity contribution in [1.29, 1.82) is 0 Å². The van der Waals surface area contributed by atoms with Crippen molar-refractivity contribution in [2.45, 2.75) is 32.6 Å². The van der Waals surface area contributed by atoms with Crippen molar-refractivity contribution >= 4 is 34.8 Å². The second kappa shape index (κ2) is 8.55. The molecular formula is C17H22Cl2N2O2. The average molecular weight is 357 g/mol. The molecule has 6 heteroatoms. The fraction of sp³-hybridized carbons (Fsp3) is 0.529. The van der Waals surface area contributed by atoms with E-state index in [9.17, 15) is 4.79 Å². The highest BCUT2D eigenvalue weighted by atomic mass is 35.5. The van der Waals surface area contributed by atoms with Gasteiger partial charge in [0.25, 0.3) is 0 Å². The largest absolute Gasteiger partial charge is 0.399 e. The number of piperidine rings is 1. The molecule has 1 fully saturated rings. The van der Waals surface area contributed by atoms with Gasteiger partial charge >= 0.3 is 0 Å². The van der Waals surface area contributed by atoms with Crippen molar-refractivity contribution in [3.05, 3.63) is 33.8 Å². The van der Waals surface area contributed by atoms with Crippen LogP contribution in [0.2, 0.25) is 10.0 Å². The first-order chi connectivity index (χ1) is 11.0. The molecule has 0 N–H and O–H groups in total. The number of oxime groups is 1. The normalized spacial score (nSPS) is 16.5. The molecule has 4 nitrogen and oxygen atoms in total. The number of carbonyl (C=O) groups is 1. The smallest absolute Gasteiger partial charge is 0.222 e. The monoisotopic (exact) mass is 356 g/mol. The third-order valence-corrected chi connectivity index (χ3v) is 4.91. The maximum absolute atomic E-state index is 12.3. The molecule has 126 valence electrons. The van der Waals surface area contributed by atoms with E-state index in [0.717, 1.165) is 31.5 Å². The Morgan fingerprint density at radius 3 is 2.57 bits per heavy atom. The van der Waals surface area contributed by atoms with Crippen molar-refractivity contribution < 1.29 is 9.63 Å². The van der Waals surface area contributed by atoms with E-state index < -0.39 is 0 Å². The van der Waals surface area contributed by atoms with E-state index in [0.29, 0.717) is 34.5 Å². The van der Waals surface area contributed by atoms with E-state index in [1.54, 1.807) is 12.1 Å². The van der Waals surface area contributed by atoms with Crippen LogP contribution in [0.4, 0.5) is 0 Å². The zero-order chi connectivity index (χ0) is 16.8. The van der Waals surface area contributed by atoms with Gasteiger partial charge in [-0.15, -0.1) is 0 Å². The predicted octanol–water partition coefficient (Wildman–Crippen LogP) is 4.38. The minimum absolute atomic E-state index is 0.167. The Hall–Kier alpha value is -1.26. The predicted molar refractivity (Wildman–Crippen MR) is 94.2 cm³/mol. The average Bonchev–Trinajstić information content (AvgIpc) is 2.54. The fourth-order valence-corrected chi connectivity index (χ4v) is 2.97. The summed E-state index contributed by atoms with van der Waals surface area (Å²) < 4.78 is 0. The van der Waals surface area contributed by atoms with Gasteiger partial charge in [0, 0.05) is 31.5 Å². The Bertz CT molecular complexity index is 582. The summed E-state index contributed by atoms with van der Waals surface area (Å²) in [5.74, 6) is 0.877. The van der Waals surface area contributed by atoms with Gasteiger partial charge in [-0.3, -0.25) is 4.79 Å². The first-order valence-electron chi connectivity index (χ1n) is 7.84. The number of hydrogen-bond acceptors (Lipinski definition) is 3. The molecule has 1 aromatic rings. The zero-order valence-electron chi connectivity index (χ0n) is 13.5. The number of rotatable bonds is 5. The first kappa shape index (κ1) is 18.1. The van der Waals surface area contributed by atoms with Crippen molar-refractivity contribution in [2.24, 2.45) is 11.1 Å². The molecule has 1 saturated heterocycles. The standard InChI is InChI=1S/C17H22Cl2N2O2/c1-12-7-9-21(10-8-12)17(22)6-5-16(20-23-2)13-3-4-14(18)15(19)11-13/h3-4,11-12H,5-10H2,1-2H3/b20-16+. The van der Waals surface area contributed by atoms with Gasteiger partial charge in [-0.1, -0.05) is 41.3 Å². The lowest BCUT2D eigenvalue weighted by molar-refractivity contribution is -0.132. The van der Waals surface area contributed by atoms with E-state index in [1.165, 1.54) is 7.11 Å². The van der Waals surface area contributed by atoms with Gasteiger partial charge in [-0.2, -0.15) is 0 Å². The fourth-order valence-electron chi connectivity index (χ4n) is 2.67. The zero-order valence-corrected chi connectivity index (χ0v) is 15.0. The molecule has 2 rings (SSSR count). The Kier molecular flexibility index (Phi) is 6.72. The topological polar surface area (TPSA) is 41.9 Å². The van der Waals surface area contributed by atoms with Crippen LogP contribution < -0.4 is 0 Å². The van der Waals surface area contributed by atoms with Crippen LogP contribution in [0.3, 0.4) is 0 Å². The third-order valence-electron chi connectivity index (χ3n) is 4.17. The second-order valence-electron chi connectivity index (χ2n) is 5.91. The van der Waals surface area contributed by atoms with E-state index in [4.69, 9.17) is 28.0 Å². The van der Waals surface area contributed by atoms with E-state index in [2.05, 4.69) is 12.1 Å². The number of carbonyl (C=O) groups excluding carboxylic acids is 1. The maximum Gasteiger partial charge on any atom is 0.222 e. The van der Waals surface area contributed by atoms with Gasteiger partial charge in [0.15, 0.2) is 0 Å². The van der Waals surface area contributed by atoms with Crippen LogP contribution in [0, 0.1) is 5.92 Å². The number of nitrogens with zero attached hydrogens (tertiary/aromatic N) is 2. The Morgan fingerprint density at radius 1 is 1.26 bits per heavy atom. The SMILES string of the molecule is CO/N=C(\CCC(=O)N1CCC(C)CC1)c1ccc(Cl)c(Cl)c1. The lowest BCUT2D eigenvalue weighted by Gasteiger charge is -2.30. The summed E-state index contributed by atoms with van der Waals surface area (Å²) in [6, 6.07) is 5.30. The minimum Gasteiger partial charge on any atom is -0.399 e. The Balaban J connectivity index is 1.98. The van der Waals surface area contributed by atoms with Crippen LogP contribution in [0.15, 0.2) is 23.4 Å². The lowest BCUT2D eigenvalue weighted by atomic mass is 9.98. The molecule has 23 heavy (non-hydrogen) atoms. The van der Waals surface area contributed by atoms with Crippen molar-refractivity contribution in [2.75, 3.05) is 20.2 Å². The summed E-state index contributed by atoms with van der Waals surface area (Å²) in [5, 5.41) is 4.99. The highest BCUT2D eigenvalue weighted by Crippen LogP contribution is 2.24. The summed E-state index contributed by atoms with van der Waals surface area (Å²) in [5.41, 5.74) is 1.52. The third kappa shape index (κ3) is 5.11. The van der Waals surface area contributed by atoms with Crippen molar-refractivity contribution in [3.8, 4) is 0 Å². The molecule has 1 heterocycles. The molecule has 0 atom stereocenters. The maximum atomic E-state index is 12.3. The highest BCUT2D eigenvalue weighted by molar-refractivity contribution is 6.42. The first-order valence-corrected chi connectivity index (χ1v) is 8.60. The molecular weight excluding hydrogens is 335 g/mol. The number of likely N-dealkylation sites (tertiary alicyclic amines) is 1. The molecule has 0 spiro atoms. The van der Waals surface area contributed by atoms with Gasteiger partial charge in [0.1, 0.15) is 7.11 Å². The molecule has 1 amide bonds. The van der Waals surface area contributed by atoms with Gasteiger partial charge in [-0.05, 0) is 30.9 Å². The summed E-state index contributed by atoms with van der Waals surface area (Å²) in [7, 11) is 1.49. The van der Waals surface area contributed by atoms with Crippen LogP contribution in [-0.2, 0) is 9.63 Å². The van der Waals surface area contributed by atoms with Crippen molar-refractivity contribution in [3.63, 3.8) is 0 Å². The van der Waals surface area contributed by atoms with Crippen LogP contribution in [0.25, 0.3) is 0 Å². The van der Waals surface area contributed by atoms with Gasteiger partial charge in [0.05, 0.1) is 15.8 Å². The highest BCUT2D eigenvalue weighted by Gasteiger charge is 2.20. The number of benzene rings is 1. The molecule has 1 aliphatic rings.